The highest BCUT2D eigenvalue weighted by molar-refractivity contribution is 5.89. The first-order valence-corrected chi connectivity index (χ1v) is 6.11. The minimum atomic E-state index is -0.906. The lowest BCUT2D eigenvalue weighted by molar-refractivity contribution is 0.0437. The predicted octanol–water partition coefficient (Wildman–Crippen LogP) is 2.96. The quantitative estimate of drug-likeness (QED) is 0.690. The number of aromatic nitrogens is 2. The van der Waals surface area contributed by atoms with Crippen LogP contribution in [-0.2, 0) is 11.3 Å². The van der Waals surface area contributed by atoms with Gasteiger partial charge in [-0.2, -0.15) is 0 Å². The highest BCUT2D eigenvalue weighted by Gasteiger charge is 2.15. The molecule has 0 unspecified atom stereocenters. The van der Waals surface area contributed by atoms with Gasteiger partial charge in [0, 0.05) is 6.07 Å². The van der Waals surface area contributed by atoms with Crippen LogP contribution in [0, 0.1) is 11.6 Å². The number of hydrogen-bond donors (Lipinski definition) is 0. The fraction of sp³-hybridized carbons (Fsp3) is 0.0714. The van der Waals surface area contributed by atoms with Crippen LogP contribution in [0.5, 0.6) is 0 Å². The Kier molecular flexibility index (Phi) is 3.65. The number of hydrogen-bond acceptors (Lipinski definition) is 6. The lowest BCUT2D eigenvalue weighted by Gasteiger charge is -2.02. The van der Waals surface area contributed by atoms with E-state index < -0.39 is 17.6 Å². The number of rotatable bonds is 4. The van der Waals surface area contributed by atoms with Crippen LogP contribution in [0.4, 0.5) is 8.78 Å². The highest BCUT2D eigenvalue weighted by Crippen LogP contribution is 2.18. The smallest absolute Gasteiger partial charge is 0.338 e. The summed E-state index contributed by atoms with van der Waals surface area (Å²) >= 11 is 0. The molecule has 2 aromatic heterocycles. The zero-order valence-corrected chi connectivity index (χ0v) is 11.0. The summed E-state index contributed by atoms with van der Waals surface area (Å²) < 4.78 is 41.2. The van der Waals surface area contributed by atoms with Crippen molar-refractivity contribution in [1.29, 1.82) is 0 Å². The molecule has 0 bridgehead atoms. The molecule has 2 heterocycles. The molecule has 6 nitrogen and oxygen atoms in total. The number of esters is 1. The van der Waals surface area contributed by atoms with Crippen LogP contribution < -0.4 is 0 Å². The Morgan fingerprint density at radius 3 is 2.64 bits per heavy atom. The number of carbonyl (C=O) groups is 1. The molecule has 8 heteroatoms. The van der Waals surface area contributed by atoms with Crippen molar-refractivity contribution in [3.63, 3.8) is 0 Å². The minimum Gasteiger partial charge on any atom is -0.459 e. The Bertz CT molecular complexity index is 779. The number of furan rings is 1. The van der Waals surface area contributed by atoms with E-state index in [-0.39, 0.29) is 24.0 Å². The van der Waals surface area contributed by atoms with Crippen LogP contribution >= 0.6 is 0 Å². The topological polar surface area (TPSA) is 78.4 Å². The van der Waals surface area contributed by atoms with Crippen LogP contribution in [0.15, 0.2) is 45.4 Å². The highest BCUT2D eigenvalue weighted by atomic mass is 19.1. The Morgan fingerprint density at radius 1 is 1.18 bits per heavy atom. The maximum atomic E-state index is 13.0. The van der Waals surface area contributed by atoms with Crippen LogP contribution in [-0.4, -0.2) is 16.2 Å². The molecule has 0 spiro atoms. The van der Waals surface area contributed by atoms with Crippen molar-refractivity contribution < 1.29 is 27.1 Å². The monoisotopic (exact) mass is 306 g/mol. The zero-order valence-electron chi connectivity index (χ0n) is 11.0. The second-order valence-electron chi connectivity index (χ2n) is 4.21. The van der Waals surface area contributed by atoms with E-state index in [2.05, 4.69) is 10.2 Å². The normalized spacial score (nSPS) is 10.6. The molecule has 0 aliphatic carbocycles. The first-order chi connectivity index (χ1) is 10.6. The van der Waals surface area contributed by atoms with Gasteiger partial charge in [0.05, 0.1) is 11.8 Å². The molecule has 0 N–H and O–H groups in total. The molecule has 0 aliphatic heterocycles. The van der Waals surface area contributed by atoms with E-state index in [1.165, 1.54) is 6.26 Å². The summed E-state index contributed by atoms with van der Waals surface area (Å²) in [4.78, 5) is 11.7. The Morgan fingerprint density at radius 2 is 1.95 bits per heavy atom. The summed E-state index contributed by atoms with van der Waals surface area (Å²) in [6.07, 6.45) is 1.44. The zero-order chi connectivity index (χ0) is 15.5. The molecule has 0 amide bonds. The maximum absolute atomic E-state index is 13.0. The molecular weight excluding hydrogens is 298 g/mol. The van der Waals surface area contributed by atoms with Gasteiger partial charge in [-0.25, -0.2) is 13.6 Å². The fourth-order valence-corrected chi connectivity index (χ4v) is 1.69. The average Bonchev–Trinajstić information content (AvgIpc) is 3.14. The van der Waals surface area contributed by atoms with Gasteiger partial charge in [-0.3, -0.25) is 0 Å². The fourth-order valence-electron chi connectivity index (χ4n) is 1.69. The largest absolute Gasteiger partial charge is 0.459 e. The molecular formula is C14H8F2N2O4. The minimum absolute atomic E-state index is 0.0247. The van der Waals surface area contributed by atoms with Crippen LogP contribution in [0.3, 0.4) is 0 Å². The van der Waals surface area contributed by atoms with Gasteiger partial charge in [0.25, 0.3) is 11.8 Å². The number of halogens is 2. The molecule has 22 heavy (non-hydrogen) atoms. The summed E-state index contributed by atoms with van der Waals surface area (Å²) in [6.45, 7) is -0.329. The molecule has 0 radical (unpaired) electrons. The lowest BCUT2D eigenvalue weighted by Crippen LogP contribution is -2.06. The standard InChI is InChI=1S/C14H8F2N2O4/c15-9-4-8(5-10(16)6-9)14(19)21-7-12-17-18-13(22-12)11-2-1-3-20-11/h1-6H,7H2. The Hall–Kier alpha value is -3.03. The summed E-state index contributed by atoms with van der Waals surface area (Å²) in [5.41, 5.74) is -0.247. The van der Waals surface area contributed by atoms with E-state index in [0.717, 1.165) is 12.1 Å². The van der Waals surface area contributed by atoms with Crippen molar-refractivity contribution in [3.05, 3.63) is 59.7 Å². The van der Waals surface area contributed by atoms with Crippen molar-refractivity contribution in [2.24, 2.45) is 0 Å². The van der Waals surface area contributed by atoms with E-state index in [1.807, 2.05) is 0 Å². The van der Waals surface area contributed by atoms with Crippen molar-refractivity contribution in [3.8, 4) is 11.7 Å². The average molecular weight is 306 g/mol. The Labute approximate surface area is 122 Å². The molecule has 0 atom stereocenters. The van der Waals surface area contributed by atoms with Crippen LogP contribution in [0.25, 0.3) is 11.7 Å². The molecule has 3 aromatic rings. The molecule has 0 saturated heterocycles. The maximum Gasteiger partial charge on any atom is 0.338 e. The molecule has 3 rings (SSSR count). The van der Waals surface area contributed by atoms with Gasteiger partial charge in [-0.05, 0) is 24.3 Å². The van der Waals surface area contributed by atoms with E-state index in [9.17, 15) is 13.6 Å². The first kappa shape index (κ1) is 13.9. The van der Waals surface area contributed by atoms with Crippen LogP contribution in [0.1, 0.15) is 16.2 Å². The summed E-state index contributed by atoms with van der Waals surface area (Å²) in [5.74, 6) is -2.12. The number of carbonyl (C=O) groups excluding carboxylic acids is 1. The van der Waals surface area contributed by atoms with Crippen molar-refractivity contribution >= 4 is 5.97 Å². The van der Waals surface area contributed by atoms with Crippen LogP contribution in [0.2, 0.25) is 0 Å². The number of benzene rings is 1. The van der Waals surface area contributed by atoms with E-state index >= 15 is 0 Å². The van der Waals surface area contributed by atoms with Gasteiger partial charge in [0.2, 0.25) is 0 Å². The van der Waals surface area contributed by atoms with Gasteiger partial charge in [0.1, 0.15) is 11.6 Å². The second-order valence-corrected chi connectivity index (χ2v) is 4.21. The van der Waals surface area contributed by atoms with E-state index in [1.54, 1.807) is 12.1 Å². The number of ether oxygens (including phenoxy) is 1. The number of nitrogens with zero attached hydrogens (tertiary/aromatic N) is 2. The summed E-state index contributed by atoms with van der Waals surface area (Å²) in [5, 5.41) is 7.39. The van der Waals surface area contributed by atoms with E-state index in [0.29, 0.717) is 11.8 Å². The van der Waals surface area contributed by atoms with E-state index in [4.69, 9.17) is 13.6 Å². The lowest BCUT2D eigenvalue weighted by atomic mass is 10.2. The van der Waals surface area contributed by atoms with Crippen molar-refractivity contribution in [1.82, 2.24) is 10.2 Å². The predicted molar refractivity (Wildman–Crippen MR) is 67.5 cm³/mol. The summed E-state index contributed by atoms with van der Waals surface area (Å²) in [7, 11) is 0. The third-order valence-corrected chi connectivity index (χ3v) is 2.62. The first-order valence-electron chi connectivity index (χ1n) is 6.11. The van der Waals surface area contributed by atoms with Gasteiger partial charge in [-0.1, -0.05) is 0 Å². The molecule has 0 aliphatic rings. The molecule has 112 valence electrons. The van der Waals surface area contributed by atoms with Gasteiger partial charge >= 0.3 is 5.97 Å². The van der Waals surface area contributed by atoms with Gasteiger partial charge < -0.3 is 13.6 Å². The third-order valence-electron chi connectivity index (χ3n) is 2.62. The van der Waals surface area contributed by atoms with Crippen molar-refractivity contribution in [2.45, 2.75) is 6.61 Å². The third kappa shape index (κ3) is 3.00. The van der Waals surface area contributed by atoms with Gasteiger partial charge in [0.15, 0.2) is 12.4 Å². The second kappa shape index (κ2) is 5.76. The SMILES string of the molecule is O=C(OCc1nnc(-c2ccco2)o1)c1cc(F)cc(F)c1. The molecule has 0 fully saturated rings. The summed E-state index contributed by atoms with van der Waals surface area (Å²) in [6, 6.07) is 5.67. The van der Waals surface area contributed by atoms with Crippen molar-refractivity contribution in [2.75, 3.05) is 0 Å². The molecule has 1 aromatic carbocycles. The Balaban J connectivity index is 1.66. The van der Waals surface area contributed by atoms with Gasteiger partial charge in [-0.15, -0.1) is 10.2 Å². The molecule has 0 saturated carbocycles.